The molecule has 0 bridgehead atoms. The van der Waals surface area contributed by atoms with E-state index in [0.717, 1.165) is 25.3 Å². The normalized spacial score (nSPS) is 15.2. The van der Waals surface area contributed by atoms with Gasteiger partial charge in [-0.25, -0.2) is 16.8 Å². The van der Waals surface area contributed by atoms with Crippen LogP contribution in [0.5, 0.6) is 11.5 Å². The zero-order valence-corrected chi connectivity index (χ0v) is 23.8. The molecule has 14 heteroatoms. The van der Waals surface area contributed by atoms with Crippen LogP contribution < -0.4 is 9.46 Å². The highest BCUT2D eigenvalue weighted by Crippen LogP contribution is 2.40. The summed E-state index contributed by atoms with van der Waals surface area (Å²) < 4.78 is 97.9. The van der Waals surface area contributed by atoms with Crippen molar-refractivity contribution in [3.63, 3.8) is 0 Å². The number of alkyl halides is 3. The summed E-state index contributed by atoms with van der Waals surface area (Å²) in [5.41, 5.74) is -1.19. The van der Waals surface area contributed by atoms with E-state index in [9.17, 15) is 30.0 Å². The minimum Gasteiger partial charge on any atom is -0.454 e. The van der Waals surface area contributed by atoms with Crippen molar-refractivity contribution >= 4 is 60.4 Å². The number of rotatable bonds is 7. The van der Waals surface area contributed by atoms with Gasteiger partial charge in [-0.2, -0.15) is 13.2 Å². The minimum absolute atomic E-state index is 0.0169. The van der Waals surface area contributed by atoms with Gasteiger partial charge in [0.2, 0.25) is 0 Å². The minimum atomic E-state index is -4.69. The SMILES string of the molecule is O=S(=O)(Nc1cc(Cl)c(Oc2ccc(S(=O)(=O)C3CCCCC3)cc2)c(Cl)c1)c1ccc(C(F)(F)F)cc1Cl. The molecule has 1 N–H and O–H groups in total. The highest BCUT2D eigenvalue weighted by atomic mass is 35.5. The standard InChI is InChI=1S/C25H21Cl3F3NO5S2/c26-20-12-15(25(29,30)31)6-11-23(20)39(35,36)32-16-13-21(27)24(22(28)14-16)37-17-7-9-19(10-8-17)38(33,34)18-4-2-1-3-5-18/h6-14,18,32H,1-5H2. The molecule has 0 amide bonds. The van der Waals surface area contributed by atoms with E-state index in [1.165, 1.54) is 36.4 Å². The van der Waals surface area contributed by atoms with Crippen molar-refractivity contribution in [3.05, 3.63) is 75.2 Å². The van der Waals surface area contributed by atoms with Crippen LogP contribution in [0.2, 0.25) is 15.1 Å². The Morgan fingerprint density at radius 2 is 1.38 bits per heavy atom. The molecular formula is C25H21Cl3F3NO5S2. The van der Waals surface area contributed by atoms with Crippen molar-refractivity contribution in [1.29, 1.82) is 0 Å². The van der Waals surface area contributed by atoms with Crippen LogP contribution in [0.15, 0.2) is 64.4 Å². The molecule has 1 fully saturated rings. The van der Waals surface area contributed by atoms with Crippen molar-refractivity contribution in [1.82, 2.24) is 0 Å². The third-order valence-corrected chi connectivity index (χ3v) is 10.9. The molecule has 4 rings (SSSR count). The lowest BCUT2D eigenvalue weighted by molar-refractivity contribution is -0.137. The van der Waals surface area contributed by atoms with Gasteiger partial charge >= 0.3 is 6.18 Å². The Balaban J connectivity index is 1.52. The fraction of sp³-hybridized carbons (Fsp3) is 0.280. The molecule has 0 aliphatic heterocycles. The maximum atomic E-state index is 12.9. The van der Waals surface area contributed by atoms with Gasteiger partial charge in [-0.05, 0) is 67.4 Å². The van der Waals surface area contributed by atoms with Gasteiger partial charge in [0, 0.05) is 0 Å². The fourth-order valence-corrected chi connectivity index (χ4v) is 8.21. The Morgan fingerprint density at radius 3 is 1.92 bits per heavy atom. The maximum Gasteiger partial charge on any atom is 0.416 e. The lowest BCUT2D eigenvalue weighted by Crippen LogP contribution is -2.24. The van der Waals surface area contributed by atoms with Gasteiger partial charge in [-0.3, -0.25) is 4.72 Å². The van der Waals surface area contributed by atoms with E-state index in [1.807, 2.05) is 0 Å². The van der Waals surface area contributed by atoms with Crippen molar-refractivity contribution in [3.8, 4) is 11.5 Å². The predicted octanol–water partition coefficient (Wildman–Crippen LogP) is 8.37. The van der Waals surface area contributed by atoms with E-state index in [1.54, 1.807) is 0 Å². The van der Waals surface area contributed by atoms with Crippen LogP contribution in [0.1, 0.15) is 37.7 Å². The molecule has 6 nitrogen and oxygen atoms in total. The molecule has 0 heterocycles. The van der Waals surface area contributed by atoms with Crippen molar-refractivity contribution < 1.29 is 34.7 Å². The van der Waals surface area contributed by atoms with E-state index in [-0.39, 0.29) is 32.1 Å². The Bertz CT molecular complexity index is 1570. The average Bonchev–Trinajstić information content (AvgIpc) is 2.86. The monoisotopic (exact) mass is 641 g/mol. The Hall–Kier alpha value is -2.18. The summed E-state index contributed by atoms with van der Waals surface area (Å²) in [5.74, 6) is 0.225. The van der Waals surface area contributed by atoms with Gasteiger partial charge in [-0.15, -0.1) is 0 Å². The summed E-state index contributed by atoms with van der Waals surface area (Å²) in [7, 11) is -7.87. The Morgan fingerprint density at radius 1 is 0.795 bits per heavy atom. The van der Waals surface area contributed by atoms with Gasteiger partial charge in [0.1, 0.15) is 10.6 Å². The molecule has 3 aromatic rings. The molecule has 210 valence electrons. The second-order valence-electron chi connectivity index (χ2n) is 8.90. The van der Waals surface area contributed by atoms with Gasteiger partial charge in [0.25, 0.3) is 10.0 Å². The molecule has 1 saturated carbocycles. The van der Waals surface area contributed by atoms with Crippen LogP contribution in [0.25, 0.3) is 0 Å². The van der Waals surface area contributed by atoms with E-state index in [0.29, 0.717) is 25.0 Å². The first-order valence-corrected chi connectivity index (χ1v) is 15.8. The van der Waals surface area contributed by atoms with Crippen LogP contribution in [-0.2, 0) is 26.0 Å². The highest BCUT2D eigenvalue weighted by molar-refractivity contribution is 7.93. The fourth-order valence-electron chi connectivity index (χ4n) is 4.20. The number of benzene rings is 3. The molecule has 0 unspecified atom stereocenters. The lowest BCUT2D eigenvalue weighted by atomic mass is 10.0. The van der Waals surface area contributed by atoms with Crippen LogP contribution >= 0.6 is 34.8 Å². The largest absolute Gasteiger partial charge is 0.454 e. The van der Waals surface area contributed by atoms with Crippen molar-refractivity contribution in [2.24, 2.45) is 0 Å². The topological polar surface area (TPSA) is 89.5 Å². The smallest absolute Gasteiger partial charge is 0.416 e. The van der Waals surface area contributed by atoms with Crippen LogP contribution in [0, 0.1) is 0 Å². The van der Waals surface area contributed by atoms with E-state index < -0.39 is 46.8 Å². The number of anilines is 1. The lowest BCUT2D eigenvalue weighted by Gasteiger charge is -2.21. The van der Waals surface area contributed by atoms with Gasteiger partial charge in [0.15, 0.2) is 15.6 Å². The average molecular weight is 643 g/mol. The summed E-state index contributed by atoms with van der Waals surface area (Å²) in [6, 6.07) is 10.1. The van der Waals surface area contributed by atoms with Gasteiger partial charge < -0.3 is 4.74 Å². The maximum absolute atomic E-state index is 12.9. The molecular weight excluding hydrogens is 622 g/mol. The van der Waals surface area contributed by atoms with Gasteiger partial charge in [-0.1, -0.05) is 54.1 Å². The molecule has 3 aromatic carbocycles. The quantitative estimate of drug-likeness (QED) is 0.280. The van der Waals surface area contributed by atoms with E-state index in [2.05, 4.69) is 4.72 Å². The molecule has 0 aromatic heterocycles. The molecule has 1 aliphatic rings. The van der Waals surface area contributed by atoms with Crippen molar-refractivity contribution in [2.75, 3.05) is 4.72 Å². The summed E-state index contributed by atoms with van der Waals surface area (Å²) in [4.78, 5) is -0.390. The number of sulfone groups is 1. The first kappa shape index (κ1) is 29.8. The number of ether oxygens (including phenoxy) is 1. The molecule has 39 heavy (non-hydrogen) atoms. The van der Waals surface area contributed by atoms with Gasteiger partial charge in [0.05, 0.1) is 36.5 Å². The number of hydrogen-bond donors (Lipinski definition) is 1. The number of halogens is 6. The molecule has 1 aliphatic carbocycles. The predicted molar refractivity (Wildman–Crippen MR) is 144 cm³/mol. The van der Waals surface area contributed by atoms with Crippen LogP contribution in [0.3, 0.4) is 0 Å². The van der Waals surface area contributed by atoms with Crippen LogP contribution in [0.4, 0.5) is 18.9 Å². The first-order chi connectivity index (χ1) is 18.2. The Kier molecular flexibility index (Phi) is 8.68. The van der Waals surface area contributed by atoms with Crippen LogP contribution in [-0.4, -0.2) is 22.1 Å². The summed E-state index contributed by atoms with van der Waals surface area (Å²) >= 11 is 18.4. The number of nitrogens with one attached hydrogen (secondary N) is 1. The number of sulfonamides is 1. The summed E-state index contributed by atoms with van der Waals surface area (Å²) in [6.45, 7) is 0. The second-order valence-corrected chi connectivity index (χ2v) is 14.0. The van der Waals surface area contributed by atoms with E-state index >= 15 is 0 Å². The van der Waals surface area contributed by atoms with E-state index in [4.69, 9.17) is 39.5 Å². The Labute approximate surface area is 239 Å². The summed E-state index contributed by atoms with van der Waals surface area (Å²) in [6.07, 6.45) is -0.638. The third kappa shape index (κ3) is 6.77. The second kappa shape index (κ2) is 11.4. The zero-order valence-electron chi connectivity index (χ0n) is 19.9. The molecule has 0 saturated heterocycles. The first-order valence-electron chi connectivity index (χ1n) is 11.6. The zero-order chi connectivity index (χ0) is 28.6. The summed E-state index contributed by atoms with van der Waals surface area (Å²) in [5, 5.41) is -1.20. The third-order valence-electron chi connectivity index (χ3n) is 6.16. The molecule has 0 radical (unpaired) electrons. The highest BCUT2D eigenvalue weighted by Gasteiger charge is 2.32. The molecule has 0 spiro atoms. The van der Waals surface area contributed by atoms with Crippen molar-refractivity contribution in [2.45, 2.75) is 53.3 Å². The molecule has 0 atom stereocenters. The number of hydrogen-bond acceptors (Lipinski definition) is 5.